The van der Waals surface area contributed by atoms with E-state index in [9.17, 15) is 39.6 Å². The SMILES string of the molecule is CCN(CC(=O)Nc1cc(C(F)(F)F)cc(C(F)(F)F)c1)S(=O)(=O)c1ccc(OC)cc1. The standard InChI is InChI=1S/C19H18F6N2O4S/c1-3-27(32(29,30)16-6-4-15(31-2)5-7-16)11-17(28)26-14-9-12(18(20,21)22)8-13(10-14)19(23,24)25/h4-10H,3,11H2,1-2H3,(H,26,28). The van der Waals surface area contributed by atoms with Crippen LogP contribution in [-0.2, 0) is 27.2 Å². The number of hydrogen-bond acceptors (Lipinski definition) is 4. The number of nitrogens with zero attached hydrogens (tertiary/aromatic N) is 1. The van der Waals surface area contributed by atoms with Crippen molar-refractivity contribution in [2.24, 2.45) is 0 Å². The normalized spacial score (nSPS) is 12.7. The van der Waals surface area contributed by atoms with Crippen molar-refractivity contribution < 1.29 is 44.3 Å². The quantitative estimate of drug-likeness (QED) is 0.592. The summed E-state index contributed by atoms with van der Waals surface area (Å²) in [5.41, 5.74) is -3.99. The Morgan fingerprint density at radius 1 is 0.969 bits per heavy atom. The van der Waals surface area contributed by atoms with Gasteiger partial charge in [-0.15, -0.1) is 0 Å². The number of halogens is 6. The molecule has 1 amide bonds. The Morgan fingerprint density at radius 2 is 1.47 bits per heavy atom. The molecule has 0 radical (unpaired) electrons. The molecule has 13 heteroatoms. The molecule has 0 bridgehead atoms. The largest absolute Gasteiger partial charge is 0.497 e. The van der Waals surface area contributed by atoms with Gasteiger partial charge in [0, 0.05) is 12.2 Å². The van der Waals surface area contributed by atoms with E-state index in [1.54, 1.807) is 0 Å². The van der Waals surface area contributed by atoms with Crippen molar-refractivity contribution in [3.8, 4) is 5.75 Å². The Morgan fingerprint density at radius 3 is 1.88 bits per heavy atom. The van der Waals surface area contributed by atoms with Gasteiger partial charge in [-0.2, -0.15) is 30.6 Å². The molecule has 0 atom stereocenters. The molecule has 1 N–H and O–H groups in total. The number of nitrogens with one attached hydrogen (secondary N) is 1. The molecule has 2 rings (SSSR count). The third-order valence-electron chi connectivity index (χ3n) is 4.24. The molecular weight excluding hydrogens is 466 g/mol. The van der Waals surface area contributed by atoms with E-state index >= 15 is 0 Å². The van der Waals surface area contributed by atoms with Crippen molar-refractivity contribution in [1.82, 2.24) is 4.31 Å². The van der Waals surface area contributed by atoms with E-state index < -0.39 is 51.6 Å². The summed E-state index contributed by atoms with van der Waals surface area (Å²) in [5, 5.41) is 1.91. The molecule has 0 unspecified atom stereocenters. The molecule has 0 spiro atoms. The highest BCUT2D eigenvalue weighted by Crippen LogP contribution is 2.37. The average molecular weight is 484 g/mol. The van der Waals surface area contributed by atoms with Gasteiger partial charge in [-0.3, -0.25) is 4.79 Å². The summed E-state index contributed by atoms with van der Waals surface area (Å²) in [6.45, 7) is 0.404. The number of alkyl halides is 6. The average Bonchev–Trinajstić information content (AvgIpc) is 2.70. The summed E-state index contributed by atoms with van der Waals surface area (Å²) in [6, 6.07) is 5.81. The second kappa shape index (κ2) is 9.36. The van der Waals surface area contributed by atoms with Gasteiger partial charge >= 0.3 is 12.4 Å². The molecule has 2 aromatic rings. The van der Waals surface area contributed by atoms with Gasteiger partial charge in [-0.25, -0.2) is 8.42 Å². The van der Waals surface area contributed by atoms with Crippen molar-refractivity contribution in [3.63, 3.8) is 0 Å². The number of hydrogen-bond donors (Lipinski definition) is 1. The van der Waals surface area contributed by atoms with Gasteiger partial charge in [0.25, 0.3) is 0 Å². The number of ether oxygens (including phenoxy) is 1. The van der Waals surface area contributed by atoms with Crippen LogP contribution in [0, 0.1) is 0 Å². The first-order valence-electron chi connectivity index (χ1n) is 8.92. The van der Waals surface area contributed by atoms with Crippen LogP contribution in [0.4, 0.5) is 32.0 Å². The molecular formula is C19H18F6N2O4S. The van der Waals surface area contributed by atoms with Crippen molar-refractivity contribution in [2.45, 2.75) is 24.2 Å². The van der Waals surface area contributed by atoms with Crippen LogP contribution < -0.4 is 10.1 Å². The molecule has 176 valence electrons. The van der Waals surface area contributed by atoms with Crippen LogP contribution >= 0.6 is 0 Å². The van der Waals surface area contributed by atoms with Crippen LogP contribution in [-0.4, -0.2) is 38.8 Å². The van der Waals surface area contributed by atoms with E-state index in [-0.39, 0.29) is 17.5 Å². The molecule has 0 aromatic heterocycles. The molecule has 6 nitrogen and oxygen atoms in total. The molecule has 0 saturated carbocycles. The smallest absolute Gasteiger partial charge is 0.416 e. The number of methoxy groups -OCH3 is 1. The number of sulfonamides is 1. The predicted molar refractivity (Wildman–Crippen MR) is 103 cm³/mol. The fourth-order valence-corrected chi connectivity index (χ4v) is 4.06. The Balaban J connectivity index is 2.28. The minimum atomic E-state index is -5.09. The maximum Gasteiger partial charge on any atom is 0.416 e. The van der Waals surface area contributed by atoms with Gasteiger partial charge in [-0.1, -0.05) is 6.92 Å². The molecule has 2 aromatic carbocycles. The van der Waals surface area contributed by atoms with Crippen molar-refractivity contribution in [1.29, 1.82) is 0 Å². The number of carbonyl (C=O) groups excluding carboxylic acids is 1. The summed E-state index contributed by atoms with van der Waals surface area (Å²) in [5.74, 6) is -0.730. The van der Waals surface area contributed by atoms with E-state index in [2.05, 4.69) is 0 Å². The van der Waals surface area contributed by atoms with Crippen LogP contribution in [0.2, 0.25) is 0 Å². The van der Waals surface area contributed by atoms with Gasteiger partial charge in [0.05, 0.1) is 29.7 Å². The Hall–Kier alpha value is -2.80. The minimum Gasteiger partial charge on any atom is -0.497 e. The molecule has 0 heterocycles. The minimum absolute atomic E-state index is 0.0812. The van der Waals surface area contributed by atoms with Crippen LogP contribution in [0.25, 0.3) is 0 Å². The van der Waals surface area contributed by atoms with E-state index in [1.807, 2.05) is 5.32 Å². The highest BCUT2D eigenvalue weighted by molar-refractivity contribution is 7.89. The van der Waals surface area contributed by atoms with Gasteiger partial charge in [-0.05, 0) is 42.5 Å². The fraction of sp³-hybridized carbons (Fsp3) is 0.316. The number of rotatable bonds is 7. The third kappa shape index (κ3) is 6.13. The number of amides is 1. The fourth-order valence-electron chi connectivity index (χ4n) is 2.65. The second-order valence-electron chi connectivity index (χ2n) is 6.45. The van der Waals surface area contributed by atoms with Crippen molar-refractivity contribution in [2.75, 3.05) is 25.5 Å². The molecule has 0 saturated heterocycles. The molecule has 0 aliphatic heterocycles. The maximum atomic E-state index is 13.0. The monoisotopic (exact) mass is 484 g/mol. The zero-order chi connectivity index (χ0) is 24.3. The van der Waals surface area contributed by atoms with E-state index in [0.717, 1.165) is 4.31 Å². The Kier molecular flexibility index (Phi) is 7.45. The number of carbonyl (C=O) groups is 1. The van der Waals surface area contributed by atoms with Gasteiger partial charge in [0.15, 0.2) is 0 Å². The lowest BCUT2D eigenvalue weighted by molar-refractivity contribution is -0.143. The molecule has 0 aliphatic carbocycles. The third-order valence-corrected chi connectivity index (χ3v) is 6.18. The number of anilines is 1. The lowest BCUT2D eigenvalue weighted by Gasteiger charge is -2.21. The molecule has 0 fully saturated rings. The lowest BCUT2D eigenvalue weighted by Crippen LogP contribution is -2.37. The lowest BCUT2D eigenvalue weighted by atomic mass is 10.1. The van der Waals surface area contributed by atoms with E-state index in [4.69, 9.17) is 4.74 Å². The second-order valence-corrected chi connectivity index (χ2v) is 8.39. The Labute approximate surface area is 179 Å². The summed E-state index contributed by atoms with van der Waals surface area (Å²) in [6.07, 6.45) is -10.2. The zero-order valence-electron chi connectivity index (χ0n) is 16.7. The van der Waals surface area contributed by atoms with Gasteiger partial charge in [0.2, 0.25) is 15.9 Å². The first kappa shape index (κ1) is 25.5. The van der Waals surface area contributed by atoms with Crippen molar-refractivity contribution in [3.05, 3.63) is 53.6 Å². The zero-order valence-corrected chi connectivity index (χ0v) is 17.5. The van der Waals surface area contributed by atoms with Crippen LogP contribution in [0.15, 0.2) is 47.4 Å². The molecule has 0 aliphatic rings. The molecule has 32 heavy (non-hydrogen) atoms. The van der Waals surface area contributed by atoms with Crippen LogP contribution in [0.5, 0.6) is 5.75 Å². The summed E-state index contributed by atoms with van der Waals surface area (Å²) < 4.78 is 109. The van der Waals surface area contributed by atoms with Crippen LogP contribution in [0.3, 0.4) is 0 Å². The van der Waals surface area contributed by atoms with Crippen molar-refractivity contribution >= 4 is 21.6 Å². The van der Waals surface area contributed by atoms with Crippen LogP contribution in [0.1, 0.15) is 18.1 Å². The predicted octanol–water partition coefficient (Wildman–Crippen LogP) is 4.38. The highest BCUT2D eigenvalue weighted by Gasteiger charge is 2.37. The first-order chi connectivity index (χ1) is 14.7. The number of benzene rings is 2. The van der Waals surface area contributed by atoms with Gasteiger partial charge in [0.1, 0.15) is 5.75 Å². The highest BCUT2D eigenvalue weighted by atomic mass is 32.2. The summed E-state index contributed by atoms with van der Waals surface area (Å²) in [4.78, 5) is 12.1. The van der Waals surface area contributed by atoms with E-state index in [0.29, 0.717) is 17.9 Å². The summed E-state index contributed by atoms with van der Waals surface area (Å²) >= 11 is 0. The van der Waals surface area contributed by atoms with Gasteiger partial charge < -0.3 is 10.1 Å². The topological polar surface area (TPSA) is 75.7 Å². The van der Waals surface area contributed by atoms with E-state index in [1.165, 1.54) is 38.3 Å². The first-order valence-corrected chi connectivity index (χ1v) is 10.4. The Bertz CT molecular complexity index is 1030. The number of likely N-dealkylation sites (N-methyl/N-ethyl adjacent to an activating group) is 1. The summed E-state index contributed by atoms with van der Waals surface area (Å²) in [7, 11) is -2.79. The maximum absolute atomic E-state index is 13.0.